The van der Waals surface area contributed by atoms with Gasteiger partial charge >= 0.3 is 0 Å². The Morgan fingerprint density at radius 1 is 1.26 bits per heavy atom. The van der Waals surface area contributed by atoms with E-state index >= 15 is 0 Å². The van der Waals surface area contributed by atoms with Crippen LogP contribution in [-0.4, -0.2) is 10.9 Å². The van der Waals surface area contributed by atoms with Crippen LogP contribution < -0.4 is 5.73 Å². The Kier molecular flexibility index (Phi) is 3.78. The van der Waals surface area contributed by atoms with Crippen LogP contribution >= 0.6 is 22.9 Å². The third-order valence-electron chi connectivity index (χ3n) is 3.51. The average molecular weight is 293 g/mol. The van der Waals surface area contributed by atoms with E-state index in [-0.39, 0.29) is 0 Å². The van der Waals surface area contributed by atoms with Gasteiger partial charge in [-0.3, -0.25) is 4.90 Å². The first-order chi connectivity index (χ1) is 9.22. The van der Waals surface area contributed by atoms with Gasteiger partial charge in [0.1, 0.15) is 0 Å². The lowest BCUT2D eigenvalue weighted by molar-refractivity contribution is 0.246. The molecular formula is C15H17ClN2S. The minimum atomic E-state index is 0.707. The Morgan fingerprint density at radius 3 is 2.79 bits per heavy atom. The molecule has 0 saturated heterocycles. The summed E-state index contributed by atoms with van der Waals surface area (Å²) in [5, 5.41) is 5.11. The van der Waals surface area contributed by atoms with Crippen molar-refractivity contribution < 1.29 is 0 Å². The smallest absolute Gasteiger partial charge is 0.0410 e. The molecule has 0 radical (unpaired) electrons. The van der Waals surface area contributed by atoms with Crippen LogP contribution in [0.25, 0.3) is 0 Å². The maximum atomic E-state index is 6.07. The van der Waals surface area contributed by atoms with E-state index in [4.69, 9.17) is 17.3 Å². The van der Waals surface area contributed by atoms with Gasteiger partial charge < -0.3 is 5.73 Å². The van der Waals surface area contributed by atoms with Crippen LogP contribution in [0.15, 0.2) is 35.0 Å². The number of benzene rings is 1. The van der Waals surface area contributed by atoms with Crippen LogP contribution in [0.2, 0.25) is 5.02 Å². The average Bonchev–Trinajstić information content (AvgIpc) is 3.12. The van der Waals surface area contributed by atoms with E-state index in [0.29, 0.717) is 6.04 Å². The zero-order valence-electron chi connectivity index (χ0n) is 10.7. The first-order valence-corrected chi connectivity index (χ1v) is 7.83. The normalized spacial score (nSPS) is 15.1. The summed E-state index contributed by atoms with van der Waals surface area (Å²) in [5.74, 6) is 0. The fourth-order valence-corrected chi connectivity index (χ4v) is 3.16. The van der Waals surface area contributed by atoms with Gasteiger partial charge in [0.25, 0.3) is 0 Å². The zero-order chi connectivity index (χ0) is 13.2. The number of halogens is 1. The Morgan fingerprint density at radius 2 is 2.11 bits per heavy atom. The molecule has 0 atom stereocenters. The summed E-state index contributed by atoms with van der Waals surface area (Å²) >= 11 is 7.82. The molecule has 4 heteroatoms. The van der Waals surface area contributed by atoms with Gasteiger partial charge in [-0.25, -0.2) is 0 Å². The van der Waals surface area contributed by atoms with Crippen molar-refractivity contribution in [2.75, 3.05) is 5.73 Å². The highest BCUT2D eigenvalue weighted by molar-refractivity contribution is 7.07. The molecule has 1 fully saturated rings. The van der Waals surface area contributed by atoms with Crippen molar-refractivity contribution in [1.82, 2.24) is 4.90 Å². The van der Waals surface area contributed by atoms with Gasteiger partial charge in [0.2, 0.25) is 0 Å². The van der Waals surface area contributed by atoms with E-state index in [2.05, 4.69) is 21.7 Å². The predicted octanol–water partition coefficient (Wildman–Crippen LogP) is 4.15. The standard InChI is InChI=1S/C15H17ClN2S/c16-13-1-4-15(17)12(7-13)9-18(14-2-3-14)8-11-5-6-19-10-11/h1,4-7,10,14H,2-3,8-9,17H2. The second kappa shape index (κ2) is 5.53. The maximum absolute atomic E-state index is 6.07. The molecule has 0 amide bonds. The largest absolute Gasteiger partial charge is 0.398 e. The van der Waals surface area contributed by atoms with Crippen LogP contribution in [-0.2, 0) is 13.1 Å². The number of thiophene rings is 1. The van der Waals surface area contributed by atoms with E-state index < -0.39 is 0 Å². The van der Waals surface area contributed by atoms with E-state index in [9.17, 15) is 0 Å². The zero-order valence-corrected chi connectivity index (χ0v) is 12.3. The number of nitrogens with zero attached hydrogens (tertiary/aromatic N) is 1. The maximum Gasteiger partial charge on any atom is 0.0410 e. The van der Waals surface area contributed by atoms with Crippen LogP contribution in [0.4, 0.5) is 5.69 Å². The van der Waals surface area contributed by atoms with Gasteiger partial charge in [-0.15, -0.1) is 0 Å². The summed E-state index contributed by atoms with van der Waals surface area (Å²) < 4.78 is 0. The summed E-state index contributed by atoms with van der Waals surface area (Å²) in [4.78, 5) is 2.50. The summed E-state index contributed by atoms with van der Waals surface area (Å²) in [6.45, 7) is 1.88. The molecule has 1 heterocycles. The molecule has 3 rings (SSSR count). The van der Waals surface area contributed by atoms with E-state index in [0.717, 1.165) is 29.4 Å². The van der Waals surface area contributed by atoms with Gasteiger partial charge in [0.15, 0.2) is 0 Å². The number of nitrogens with two attached hydrogens (primary N) is 1. The monoisotopic (exact) mass is 292 g/mol. The van der Waals surface area contributed by atoms with Gasteiger partial charge in [-0.1, -0.05) is 11.6 Å². The van der Waals surface area contributed by atoms with E-state index in [1.54, 1.807) is 11.3 Å². The van der Waals surface area contributed by atoms with Crippen LogP contribution in [0.1, 0.15) is 24.0 Å². The van der Waals surface area contributed by atoms with Gasteiger partial charge in [-0.2, -0.15) is 11.3 Å². The van der Waals surface area contributed by atoms with Crippen LogP contribution in [0, 0.1) is 0 Å². The summed E-state index contributed by atoms with van der Waals surface area (Å²) in [6.07, 6.45) is 2.59. The Hall–Kier alpha value is -1.03. The van der Waals surface area contributed by atoms with E-state index in [1.165, 1.54) is 18.4 Å². The number of hydrogen-bond acceptors (Lipinski definition) is 3. The first kappa shape index (κ1) is 13.0. The van der Waals surface area contributed by atoms with Crippen molar-refractivity contribution in [1.29, 1.82) is 0 Å². The van der Waals surface area contributed by atoms with Crippen molar-refractivity contribution in [3.8, 4) is 0 Å². The quantitative estimate of drug-likeness (QED) is 0.839. The minimum absolute atomic E-state index is 0.707. The Bertz CT molecular complexity index is 549. The molecule has 1 aliphatic rings. The highest BCUT2D eigenvalue weighted by atomic mass is 35.5. The van der Waals surface area contributed by atoms with E-state index in [1.807, 2.05) is 18.2 Å². The molecule has 0 spiro atoms. The third-order valence-corrected chi connectivity index (χ3v) is 4.47. The summed E-state index contributed by atoms with van der Waals surface area (Å²) in [5.41, 5.74) is 9.40. The lowest BCUT2D eigenvalue weighted by atomic mass is 10.1. The number of hydrogen-bond donors (Lipinski definition) is 1. The lowest BCUT2D eigenvalue weighted by Crippen LogP contribution is -2.25. The summed E-state index contributed by atoms with van der Waals surface area (Å²) in [7, 11) is 0. The van der Waals surface area contributed by atoms with Crippen molar-refractivity contribution in [2.24, 2.45) is 0 Å². The lowest BCUT2D eigenvalue weighted by Gasteiger charge is -2.22. The Labute approximate surface area is 122 Å². The Balaban J connectivity index is 1.76. The molecule has 0 unspecified atom stereocenters. The van der Waals surface area contributed by atoms with Crippen LogP contribution in [0.5, 0.6) is 0 Å². The molecule has 1 aromatic heterocycles. The number of rotatable bonds is 5. The third kappa shape index (κ3) is 3.30. The van der Waals surface area contributed by atoms with Crippen molar-refractivity contribution in [3.63, 3.8) is 0 Å². The topological polar surface area (TPSA) is 29.3 Å². The van der Waals surface area contributed by atoms with Crippen molar-refractivity contribution in [2.45, 2.75) is 32.0 Å². The van der Waals surface area contributed by atoms with Gasteiger partial charge in [0, 0.05) is 29.8 Å². The number of anilines is 1. The number of nitrogen functional groups attached to an aromatic ring is 1. The molecule has 0 aliphatic heterocycles. The van der Waals surface area contributed by atoms with Crippen molar-refractivity contribution in [3.05, 3.63) is 51.2 Å². The van der Waals surface area contributed by atoms with Crippen molar-refractivity contribution >= 4 is 28.6 Å². The molecule has 2 N–H and O–H groups in total. The fourth-order valence-electron chi connectivity index (χ4n) is 2.30. The second-order valence-corrected chi connectivity index (χ2v) is 6.33. The predicted molar refractivity (Wildman–Crippen MR) is 82.5 cm³/mol. The van der Waals surface area contributed by atoms with Gasteiger partial charge in [0.05, 0.1) is 0 Å². The minimum Gasteiger partial charge on any atom is -0.398 e. The molecule has 1 aromatic carbocycles. The molecule has 2 aromatic rings. The fraction of sp³-hybridized carbons (Fsp3) is 0.333. The van der Waals surface area contributed by atoms with Crippen LogP contribution in [0.3, 0.4) is 0 Å². The summed E-state index contributed by atoms with van der Waals surface area (Å²) in [6, 6.07) is 8.63. The molecular weight excluding hydrogens is 276 g/mol. The molecule has 1 aliphatic carbocycles. The molecule has 0 bridgehead atoms. The SMILES string of the molecule is Nc1ccc(Cl)cc1CN(Cc1ccsc1)C1CC1. The molecule has 1 saturated carbocycles. The highest BCUT2D eigenvalue weighted by Crippen LogP contribution is 2.31. The second-order valence-electron chi connectivity index (χ2n) is 5.11. The van der Waals surface area contributed by atoms with Gasteiger partial charge in [-0.05, 0) is 59.0 Å². The molecule has 2 nitrogen and oxygen atoms in total. The first-order valence-electron chi connectivity index (χ1n) is 6.51. The highest BCUT2D eigenvalue weighted by Gasteiger charge is 2.29. The molecule has 19 heavy (non-hydrogen) atoms. The molecule has 100 valence electrons.